The molecule has 10 heteroatoms. The average Bonchev–Trinajstić information content (AvgIpc) is 3.25. The molecule has 10 nitrogen and oxygen atoms in total. The molecule has 198 valence electrons. The number of phenolic OH excluding ortho intramolecular Hbond substituents is 2. The van der Waals surface area contributed by atoms with Gasteiger partial charge in [-0.15, -0.1) is 0 Å². The van der Waals surface area contributed by atoms with Crippen molar-refractivity contribution in [3.63, 3.8) is 0 Å². The van der Waals surface area contributed by atoms with Gasteiger partial charge in [0.15, 0.2) is 22.3 Å². The van der Waals surface area contributed by atoms with E-state index < -0.39 is 5.43 Å². The van der Waals surface area contributed by atoms with Crippen LogP contribution >= 0.6 is 0 Å². The summed E-state index contributed by atoms with van der Waals surface area (Å²) < 4.78 is 12.0. The van der Waals surface area contributed by atoms with Gasteiger partial charge >= 0.3 is 0 Å². The molecule has 0 bridgehead atoms. The molecule has 1 aliphatic heterocycles. The fraction of sp³-hybridized carbons (Fsp3) is 0.357. The van der Waals surface area contributed by atoms with Crippen LogP contribution in [0.1, 0.15) is 25.2 Å². The summed E-state index contributed by atoms with van der Waals surface area (Å²) in [5, 5.41) is 33.9. The van der Waals surface area contributed by atoms with Crippen molar-refractivity contribution in [2.24, 2.45) is 5.92 Å². The number of nitrogen functional groups attached to an aromatic ring is 1. The van der Waals surface area contributed by atoms with Gasteiger partial charge in [0, 0.05) is 40.1 Å². The SMILES string of the molecule is Cc1cc2c(o1)c(C)c(=O)c1c(O)c(N)c3oc4cc(N5CC[N+](O)(CC(C)C)CC5)cc(O)c4nc3c12. The summed E-state index contributed by atoms with van der Waals surface area (Å²) in [7, 11) is 0. The molecule has 3 aromatic carbocycles. The summed E-state index contributed by atoms with van der Waals surface area (Å²) in [6.45, 7) is 10.6. The van der Waals surface area contributed by atoms with Crippen molar-refractivity contribution in [1.29, 1.82) is 0 Å². The third-order valence-corrected chi connectivity index (χ3v) is 7.59. The fourth-order valence-corrected chi connectivity index (χ4v) is 5.81. The zero-order chi connectivity index (χ0) is 27.1. The van der Waals surface area contributed by atoms with E-state index in [4.69, 9.17) is 19.6 Å². The van der Waals surface area contributed by atoms with Crippen molar-refractivity contribution in [1.82, 2.24) is 4.98 Å². The topological polar surface area (TPSA) is 146 Å². The van der Waals surface area contributed by atoms with E-state index in [1.54, 1.807) is 32.0 Å². The molecule has 2 aromatic heterocycles. The van der Waals surface area contributed by atoms with Crippen LogP contribution in [0, 0.1) is 19.8 Å². The quantitative estimate of drug-likeness (QED) is 0.0887. The van der Waals surface area contributed by atoms with Gasteiger partial charge in [-0.25, -0.2) is 10.2 Å². The van der Waals surface area contributed by atoms with E-state index in [1.807, 2.05) is 0 Å². The molecule has 6 rings (SSSR count). The molecule has 0 amide bonds. The number of phenols is 2. The van der Waals surface area contributed by atoms with Crippen molar-refractivity contribution in [3.8, 4) is 11.5 Å². The summed E-state index contributed by atoms with van der Waals surface area (Å²) in [5.74, 6) is 0.519. The Bertz CT molecular complexity index is 1830. The fourth-order valence-electron chi connectivity index (χ4n) is 5.81. The predicted octanol–water partition coefficient (Wildman–Crippen LogP) is 4.53. The molecule has 0 radical (unpaired) electrons. The van der Waals surface area contributed by atoms with Crippen LogP contribution in [-0.2, 0) is 0 Å². The number of quaternary nitrogens is 1. The molecule has 1 fully saturated rings. The first-order chi connectivity index (χ1) is 18.0. The monoisotopic (exact) mass is 519 g/mol. The smallest absolute Gasteiger partial charge is 0.196 e. The highest BCUT2D eigenvalue weighted by Crippen LogP contribution is 2.43. The van der Waals surface area contributed by atoms with Gasteiger partial charge in [0.1, 0.15) is 53.4 Å². The molecule has 0 spiro atoms. The lowest BCUT2D eigenvalue weighted by molar-refractivity contribution is -1.10. The van der Waals surface area contributed by atoms with Crippen LogP contribution in [0.3, 0.4) is 0 Å². The second-order valence-corrected chi connectivity index (χ2v) is 10.9. The lowest BCUT2D eigenvalue weighted by Crippen LogP contribution is -2.59. The third kappa shape index (κ3) is 3.55. The summed E-state index contributed by atoms with van der Waals surface area (Å²) in [4.78, 5) is 20.0. The number of rotatable bonds is 3. The number of anilines is 2. The number of fused-ring (bicyclic) bond motifs is 6. The Labute approximate surface area is 217 Å². The molecule has 0 atom stereocenters. The minimum atomic E-state index is -0.407. The van der Waals surface area contributed by atoms with Crippen molar-refractivity contribution in [2.75, 3.05) is 43.4 Å². The second-order valence-electron chi connectivity index (χ2n) is 10.9. The Hall–Kier alpha value is -4.02. The maximum Gasteiger partial charge on any atom is 0.196 e. The van der Waals surface area contributed by atoms with E-state index in [9.17, 15) is 20.2 Å². The Balaban J connectivity index is 1.55. The van der Waals surface area contributed by atoms with Crippen molar-refractivity contribution in [3.05, 3.63) is 39.7 Å². The van der Waals surface area contributed by atoms with E-state index in [1.165, 1.54) is 0 Å². The molecule has 38 heavy (non-hydrogen) atoms. The Kier molecular flexibility index (Phi) is 5.27. The number of benzene rings is 3. The highest BCUT2D eigenvalue weighted by Gasteiger charge is 2.33. The van der Waals surface area contributed by atoms with E-state index in [0.29, 0.717) is 66.3 Å². The lowest BCUT2D eigenvalue weighted by atomic mass is 9.99. The number of aromatic hydroxyl groups is 2. The molecule has 0 unspecified atom stereocenters. The van der Waals surface area contributed by atoms with Crippen LogP contribution in [0.2, 0.25) is 0 Å². The highest BCUT2D eigenvalue weighted by atomic mass is 16.5. The van der Waals surface area contributed by atoms with Gasteiger partial charge < -0.3 is 29.7 Å². The molecule has 1 aliphatic rings. The van der Waals surface area contributed by atoms with Gasteiger partial charge in [-0.1, -0.05) is 13.8 Å². The molecule has 0 saturated carbocycles. The number of hydroxylamine groups is 3. The maximum absolute atomic E-state index is 13.2. The van der Waals surface area contributed by atoms with Crippen LogP contribution in [-0.4, -0.2) is 57.8 Å². The zero-order valence-electron chi connectivity index (χ0n) is 21.8. The van der Waals surface area contributed by atoms with Crippen LogP contribution in [0.5, 0.6) is 11.5 Å². The summed E-state index contributed by atoms with van der Waals surface area (Å²) in [6, 6.07) is 5.18. The van der Waals surface area contributed by atoms with Gasteiger partial charge in [-0.05, 0) is 19.9 Å². The molecule has 5 aromatic rings. The first-order valence-corrected chi connectivity index (χ1v) is 12.8. The lowest BCUT2D eigenvalue weighted by Gasteiger charge is -2.40. The average molecular weight is 520 g/mol. The minimum Gasteiger partial charge on any atom is -0.505 e. The minimum absolute atomic E-state index is 0.0241. The van der Waals surface area contributed by atoms with E-state index in [0.717, 1.165) is 5.69 Å². The van der Waals surface area contributed by atoms with Crippen LogP contribution in [0.15, 0.2) is 31.8 Å². The van der Waals surface area contributed by atoms with Gasteiger partial charge in [0.2, 0.25) is 0 Å². The summed E-state index contributed by atoms with van der Waals surface area (Å²) in [5.41, 5.74) is 8.13. The number of hydrogen-bond acceptors (Lipinski definition) is 9. The predicted molar refractivity (Wildman–Crippen MR) is 146 cm³/mol. The second kappa shape index (κ2) is 8.24. The number of hydrogen-bond donors (Lipinski definition) is 4. The van der Waals surface area contributed by atoms with Crippen LogP contribution in [0.4, 0.5) is 11.4 Å². The largest absolute Gasteiger partial charge is 0.505 e. The number of aromatic nitrogens is 1. The molecule has 1 saturated heterocycles. The van der Waals surface area contributed by atoms with Crippen LogP contribution in [0.25, 0.3) is 43.9 Å². The third-order valence-electron chi connectivity index (χ3n) is 7.59. The van der Waals surface area contributed by atoms with Gasteiger partial charge in [0.05, 0.1) is 18.5 Å². The van der Waals surface area contributed by atoms with Crippen molar-refractivity contribution in [2.45, 2.75) is 27.7 Å². The van der Waals surface area contributed by atoms with Gasteiger partial charge in [0.25, 0.3) is 0 Å². The number of furan rings is 1. The molecule has 5 N–H and O–H groups in total. The first-order valence-electron chi connectivity index (χ1n) is 12.8. The Morgan fingerprint density at radius 3 is 2.45 bits per heavy atom. The molecular weight excluding hydrogens is 488 g/mol. The summed E-state index contributed by atoms with van der Waals surface area (Å²) in [6.07, 6.45) is 0. The van der Waals surface area contributed by atoms with Gasteiger partial charge in [-0.2, -0.15) is 4.65 Å². The highest BCUT2D eigenvalue weighted by molar-refractivity contribution is 6.23. The molecule has 3 heterocycles. The number of nitrogens with zero attached hydrogens (tertiary/aromatic N) is 3. The number of aryl methyl sites for hydroxylation is 2. The summed E-state index contributed by atoms with van der Waals surface area (Å²) >= 11 is 0. The normalized spacial score (nSPS) is 16.0. The number of piperazine rings is 1. The van der Waals surface area contributed by atoms with E-state index in [2.05, 4.69) is 18.7 Å². The maximum atomic E-state index is 13.2. The first kappa shape index (κ1) is 24.3. The zero-order valence-corrected chi connectivity index (χ0v) is 21.8. The van der Waals surface area contributed by atoms with Gasteiger partial charge in [-0.3, -0.25) is 4.79 Å². The van der Waals surface area contributed by atoms with Crippen molar-refractivity contribution < 1.29 is 28.9 Å². The van der Waals surface area contributed by atoms with Crippen LogP contribution < -0.4 is 16.1 Å². The number of nitrogens with two attached hydrogens (primary N) is 1. The Morgan fingerprint density at radius 1 is 1.05 bits per heavy atom. The molecule has 0 aliphatic carbocycles. The van der Waals surface area contributed by atoms with E-state index >= 15 is 0 Å². The standard InChI is InChI=1S/C28H30N4O6/c1-13(2)12-32(36)7-5-31(6-8-32)16-10-18(33)23-19(11-16)38-28-22(29)26(35)21-20(24(28)30-23)17-9-14(3)37-27(17)15(4)25(21)34/h9-11,13,36H,5-8,12H2,1-4H3,(H3-,29,30,33,34,35)/p+1. The Morgan fingerprint density at radius 2 is 1.76 bits per heavy atom. The van der Waals surface area contributed by atoms with Crippen molar-refractivity contribution >= 4 is 55.3 Å². The van der Waals surface area contributed by atoms with E-state index in [-0.39, 0.29) is 49.4 Å². The molecular formula is C28H31N4O6+.